The Bertz CT molecular complexity index is 1210. The van der Waals surface area contributed by atoms with Gasteiger partial charge in [-0.1, -0.05) is 55.3 Å². The molecule has 2 aromatic heterocycles. The quantitative estimate of drug-likeness (QED) is 0.400. The fourth-order valence-corrected chi connectivity index (χ4v) is 5.29. The molecule has 1 unspecified atom stereocenters. The molecule has 2 aromatic carbocycles. The molecule has 5 nitrogen and oxygen atoms in total. The molecule has 0 saturated heterocycles. The van der Waals surface area contributed by atoms with E-state index in [0.29, 0.717) is 5.69 Å². The molecule has 1 aliphatic carbocycles. The van der Waals surface area contributed by atoms with Crippen LogP contribution in [-0.4, -0.2) is 17.9 Å². The summed E-state index contributed by atoms with van der Waals surface area (Å²) in [6, 6.07) is 20.2. The van der Waals surface area contributed by atoms with Crippen LogP contribution in [0.4, 0.5) is 5.69 Å². The normalized spacial score (nSPS) is 15.0. The second-order valence-corrected chi connectivity index (χ2v) is 9.04. The Hall–Kier alpha value is -3.38. The van der Waals surface area contributed by atoms with Gasteiger partial charge in [0.2, 0.25) is 5.91 Å². The van der Waals surface area contributed by atoms with Crippen molar-refractivity contribution in [3.63, 3.8) is 0 Å². The summed E-state index contributed by atoms with van der Waals surface area (Å²) >= 11 is 1.47. The van der Waals surface area contributed by atoms with Crippen LogP contribution in [0.3, 0.4) is 0 Å². The number of hydrogen-bond acceptors (Lipinski definition) is 4. The Morgan fingerprint density at radius 3 is 2.53 bits per heavy atom. The van der Waals surface area contributed by atoms with E-state index in [4.69, 9.17) is 4.42 Å². The summed E-state index contributed by atoms with van der Waals surface area (Å²) in [6.07, 6.45) is 5.67. The molecule has 0 bridgehead atoms. The van der Waals surface area contributed by atoms with Crippen LogP contribution in [-0.2, 0) is 4.79 Å². The second kappa shape index (κ2) is 9.01. The Morgan fingerprint density at radius 2 is 1.78 bits per heavy atom. The van der Waals surface area contributed by atoms with Crippen LogP contribution in [0.5, 0.6) is 0 Å². The molecule has 1 N–H and O–H groups in total. The highest BCUT2D eigenvalue weighted by atomic mass is 32.1. The van der Waals surface area contributed by atoms with Gasteiger partial charge in [0.1, 0.15) is 0 Å². The minimum absolute atomic E-state index is 0.151. The summed E-state index contributed by atoms with van der Waals surface area (Å²) in [5.41, 5.74) is 0.685. The minimum Gasteiger partial charge on any atom is -0.459 e. The number of furan rings is 1. The number of benzene rings is 2. The van der Waals surface area contributed by atoms with Gasteiger partial charge in [0.25, 0.3) is 5.91 Å². The number of rotatable bonds is 6. The lowest BCUT2D eigenvalue weighted by atomic mass is 10.0. The fraction of sp³-hybridized carbons (Fsp3) is 0.231. The molecule has 0 aliphatic heterocycles. The summed E-state index contributed by atoms with van der Waals surface area (Å²) in [5, 5.41) is 7.05. The topological polar surface area (TPSA) is 62.6 Å². The molecular weight excluding hydrogens is 420 g/mol. The van der Waals surface area contributed by atoms with Gasteiger partial charge in [-0.25, -0.2) is 0 Å². The van der Waals surface area contributed by atoms with Gasteiger partial charge >= 0.3 is 0 Å². The summed E-state index contributed by atoms with van der Waals surface area (Å²) < 4.78 is 5.47. The number of anilines is 1. The number of nitrogens with one attached hydrogen (secondary N) is 1. The number of amides is 2. The Morgan fingerprint density at radius 1 is 0.969 bits per heavy atom. The van der Waals surface area contributed by atoms with E-state index < -0.39 is 6.04 Å². The first-order valence-corrected chi connectivity index (χ1v) is 11.8. The van der Waals surface area contributed by atoms with Crippen LogP contribution in [0.25, 0.3) is 10.8 Å². The highest BCUT2D eigenvalue weighted by Gasteiger charge is 2.37. The second-order valence-electron chi connectivity index (χ2n) is 8.06. The van der Waals surface area contributed by atoms with E-state index in [1.165, 1.54) is 17.6 Å². The van der Waals surface area contributed by atoms with Crippen molar-refractivity contribution in [3.8, 4) is 0 Å². The van der Waals surface area contributed by atoms with Crippen LogP contribution in [0, 0.1) is 0 Å². The Balaban J connectivity index is 1.66. The summed E-state index contributed by atoms with van der Waals surface area (Å²) in [5.74, 6) is -0.299. The van der Waals surface area contributed by atoms with Crippen LogP contribution < -0.4 is 10.2 Å². The van der Waals surface area contributed by atoms with E-state index in [1.807, 2.05) is 60.0 Å². The lowest BCUT2D eigenvalue weighted by Gasteiger charge is -2.31. The molecule has 162 valence electrons. The zero-order valence-corrected chi connectivity index (χ0v) is 18.4. The van der Waals surface area contributed by atoms with Crippen LogP contribution in [0.2, 0.25) is 0 Å². The highest BCUT2D eigenvalue weighted by Crippen LogP contribution is 2.36. The van der Waals surface area contributed by atoms with Crippen molar-refractivity contribution in [1.82, 2.24) is 5.32 Å². The van der Waals surface area contributed by atoms with E-state index in [1.54, 1.807) is 17.0 Å². The molecule has 6 heteroatoms. The first-order chi connectivity index (χ1) is 15.7. The third-order valence-electron chi connectivity index (χ3n) is 6.00. The van der Waals surface area contributed by atoms with Crippen LogP contribution in [0.1, 0.15) is 47.2 Å². The smallest absolute Gasteiger partial charge is 0.295 e. The summed E-state index contributed by atoms with van der Waals surface area (Å²) in [6.45, 7) is 0. The van der Waals surface area contributed by atoms with Crippen molar-refractivity contribution >= 4 is 39.6 Å². The lowest BCUT2D eigenvalue weighted by molar-refractivity contribution is -0.123. The average molecular weight is 445 g/mol. The number of hydrogen-bond donors (Lipinski definition) is 1. The predicted octanol–water partition coefficient (Wildman–Crippen LogP) is 5.94. The molecule has 1 atom stereocenters. The largest absolute Gasteiger partial charge is 0.459 e. The van der Waals surface area contributed by atoms with Crippen molar-refractivity contribution in [2.75, 3.05) is 4.90 Å². The van der Waals surface area contributed by atoms with Crippen molar-refractivity contribution in [2.45, 2.75) is 37.8 Å². The molecule has 5 rings (SSSR count). The fourth-order valence-electron chi connectivity index (χ4n) is 4.47. The van der Waals surface area contributed by atoms with E-state index in [9.17, 15) is 9.59 Å². The van der Waals surface area contributed by atoms with E-state index in [-0.39, 0.29) is 23.6 Å². The molecule has 1 saturated carbocycles. The van der Waals surface area contributed by atoms with Crippen molar-refractivity contribution in [3.05, 3.63) is 89.0 Å². The minimum atomic E-state index is -0.793. The summed E-state index contributed by atoms with van der Waals surface area (Å²) in [7, 11) is 0. The van der Waals surface area contributed by atoms with Crippen molar-refractivity contribution in [2.24, 2.45) is 0 Å². The van der Waals surface area contributed by atoms with E-state index in [0.717, 1.165) is 41.3 Å². The molecule has 32 heavy (non-hydrogen) atoms. The van der Waals surface area contributed by atoms with E-state index in [2.05, 4.69) is 5.32 Å². The van der Waals surface area contributed by atoms with E-state index >= 15 is 0 Å². The molecule has 1 aliphatic rings. The van der Waals surface area contributed by atoms with Gasteiger partial charge in [-0.2, -0.15) is 0 Å². The molecule has 2 amide bonds. The summed E-state index contributed by atoms with van der Waals surface area (Å²) in [4.78, 5) is 29.9. The van der Waals surface area contributed by atoms with Crippen molar-refractivity contribution in [1.29, 1.82) is 0 Å². The molecule has 4 aromatic rings. The standard InChI is InChI=1S/C26H24N2O3S/c29-25(27-19-10-2-3-11-19)24(23-15-7-17-32-23)28(26(30)22-14-6-16-31-22)21-13-5-9-18-8-1-4-12-20(18)21/h1,4-9,12-17,19,24H,2-3,10-11H2,(H,27,29). The van der Waals surface area contributed by atoms with Crippen LogP contribution >= 0.6 is 11.3 Å². The number of carbonyl (C=O) groups excluding carboxylic acids is 2. The van der Waals surface area contributed by atoms with Gasteiger partial charge in [-0.05, 0) is 47.9 Å². The number of nitrogens with zero attached hydrogens (tertiary/aromatic N) is 1. The lowest BCUT2D eigenvalue weighted by Crippen LogP contribution is -2.46. The maximum atomic E-state index is 13.8. The number of carbonyl (C=O) groups is 2. The Labute approximate surface area is 190 Å². The number of thiophene rings is 1. The number of fused-ring (bicyclic) bond motifs is 1. The zero-order chi connectivity index (χ0) is 21.9. The van der Waals surface area contributed by atoms with Gasteiger partial charge in [-0.15, -0.1) is 11.3 Å². The maximum Gasteiger partial charge on any atom is 0.295 e. The van der Waals surface area contributed by atoms with Gasteiger partial charge in [0, 0.05) is 16.3 Å². The van der Waals surface area contributed by atoms with Gasteiger partial charge in [-0.3, -0.25) is 14.5 Å². The molecule has 0 spiro atoms. The maximum absolute atomic E-state index is 13.8. The van der Waals surface area contributed by atoms with Crippen LogP contribution in [0.15, 0.2) is 82.8 Å². The Kier molecular flexibility index (Phi) is 5.77. The zero-order valence-electron chi connectivity index (χ0n) is 17.6. The molecule has 0 radical (unpaired) electrons. The van der Waals surface area contributed by atoms with Gasteiger partial charge < -0.3 is 9.73 Å². The SMILES string of the molecule is O=C(NC1CCCC1)C(c1cccs1)N(C(=O)c1ccco1)c1cccc2ccccc12. The third-order valence-corrected chi connectivity index (χ3v) is 6.92. The first-order valence-electron chi connectivity index (χ1n) is 10.9. The molecule has 1 fully saturated rings. The highest BCUT2D eigenvalue weighted by molar-refractivity contribution is 7.10. The van der Waals surface area contributed by atoms with Gasteiger partial charge in [0.15, 0.2) is 11.8 Å². The van der Waals surface area contributed by atoms with Crippen molar-refractivity contribution < 1.29 is 14.0 Å². The first kappa shape index (κ1) is 20.5. The van der Waals surface area contributed by atoms with Gasteiger partial charge in [0.05, 0.1) is 12.0 Å². The third kappa shape index (κ3) is 3.94. The molecule has 2 heterocycles. The average Bonchev–Trinajstić information content (AvgIpc) is 3.60. The predicted molar refractivity (Wildman–Crippen MR) is 127 cm³/mol. The molecular formula is C26H24N2O3S. The monoisotopic (exact) mass is 444 g/mol.